The van der Waals surface area contributed by atoms with E-state index in [1.54, 1.807) is 0 Å². The predicted octanol–water partition coefficient (Wildman–Crippen LogP) is 2.21. The van der Waals surface area contributed by atoms with Crippen LogP contribution in [0.25, 0.3) is 0 Å². The van der Waals surface area contributed by atoms with Gasteiger partial charge in [0.2, 0.25) is 5.89 Å². The first-order valence-electron chi connectivity index (χ1n) is 7.06. The number of rotatable bonds is 11. The molecule has 0 fully saturated rings. The third kappa shape index (κ3) is 6.91. The number of hydrogen-bond donors (Lipinski definition) is 1. The van der Waals surface area contributed by atoms with Crippen LogP contribution in [0.3, 0.4) is 0 Å². The van der Waals surface area contributed by atoms with Gasteiger partial charge in [0.25, 0.3) is 6.43 Å². The standard InChI is InChI=1S/C13H23F2N3O2/c1-3-5-10(16-4-2)8-13-17-12(18-20-13)6-7-19-9-11(14)15/h10-11,16H,3-9H2,1-2H3. The van der Waals surface area contributed by atoms with Crippen molar-refractivity contribution in [3.8, 4) is 0 Å². The molecule has 1 aromatic rings. The summed E-state index contributed by atoms with van der Waals surface area (Å²) in [7, 11) is 0. The maximum atomic E-state index is 11.9. The third-order valence-corrected chi connectivity index (χ3v) is 2.77. The molecule has 0 saturated heterocycles. The summed E-state index contributed by atoms with van der Waals surface area (Å²) in [5.74, 6) is 1.08. The number of likely N-dealkylation sites (N-methyl/N-ethyl adjacent to an activating group) is 1. The van der Waals surface area contributed by atoms with Gasteiger partial charge < -0.3 is 14.6 Å². The molecule has 1 rings (SSSR count). The number of alkyl halides is 2. The van der Waals surface area contributed by atoms with Crippen LogP contribution in [0.15, 0.2) is 4.52 Å². The van der Waals surface area contributed by atoms with Crippen LogP contribution in [0.1, 0.15) is 38.4 Å². The zero-order valence-corrected chi connectivity index (χ0v) is 12.1. The first kappa shape index (κ1) is 17.0. The second kappa shape index (κ2) is 9.77. The number of nitrogens with one attached hydrogen (secondary N) is 1. The number of aromatic nitrogens is 2. The van der Waals surface area contributed by atoms with Crippen LogP contribution in [0, 0.1) is 0 Å². The summed E-state index contributed by atoms with van der Waals surface area (Å²) in [6, 6.07) is 0.327. The molecule has 1 heterocycles. The summed E-state index contributed by atoms with van der Waals surface area (Å²) in [6.07, 6.45) is 0.761. The number of nitrogens with zero attached hydrogens (tertiary/aromatic N) is 2. The minimum Gasteiger partial charge on any atom is -0.375 e. The van der Waals surface area contributed by atoms with Crippen LogP contribution in [-0.2, 0) is 17.6 Å². The molecule has 1 aromatic heterocycles. The molecule has 0 aliphatic rings. The minimum atomic E-state index is -2.44. The van der Waals surface area contributed by atoms with E-state index < -0.39 is 13.0 Å². The van der Waals surface area contributed by atoms with Gasteiger partial charge in [0.15, 0.2) is 5.82 Å². The number of ether oxygens (including phenoxy) is 1. The Morgan fingerprint density at radius 2 is 2.15 bits per heavy atom. The molecule has 0 aliphatic heterocycles. The molecule has 0 amide bonds. The van der Waals surface area contributed by atoms with Crippen LogP contribution in [-0.4, -0.2) is 42.4 Å². The Bertz CT molecular complexity index is 355. The maximum absolute atomic E-state index is 11.9. The number of hydrogen-bond acceptors (Lipinski definition) is 5. The summed E-state index contributed by atoms with van der Waals surface area (Å²) in [4.78, 5) is 4.25. The lowest BCUT2D eigenvalue weighted by Gasteiger charge is -2.14. The lowest BCUT2D eigenvalue weighted by atomic mass is 10.1. The molecule has 1 N–H and O–H groups in total. The van der Waals surface area contributed by atoms with Crippen LogP contribution in [0.4, 0.5) is 8.78 Å². The Morgan fingerprint density at radius 1 is 1.35 bits per heavy atom. The van der Waals surface area contributed by atoms with E-state index in [9.17, 15) is 8.78 Å². The normalized spacial score (nSPS) is 13.1. The van der Waals surface area contributed by atoms with E-state index in [4.69, 9.17) is 9.26 Å². The van der Waals surface area contributed by atoms with E-state index in [1.165, 1.54) is 0 Å². The van der Waals surface area contributed by atoms with Crippen LogP contribution in [0.2, 0.25) is 0 Å². The fraction of sp³-hybridized carbons (Fsp3) is 0.846. The Balaban J connectivity index is 2.34. The van der Waals surface area contributed by atoms with Crippen molar-refractivity contribution in [3.63, 3.8) is 0 Å². The van der Waals surface area contributed by atoms with Crippen molar-refractivity contribution in [2.24, 2.45) is 0 Å². The molecule has 0 bridgehead atoms. The molecule has 116 valence electrons. The quantitative estimate of drug-likeness (QED) is 0.633. The van der Waals surface area contributed by atoms with Gasteiger partial charge in [-0.25, -0.2) is 8.78 Å². The topological polar surface area (TPSA) is 60.2 Å². The van der Waals surface area contributed by atoms with Gasteiger partial charge in [-0.3, -0.25) is 0 Å². The van der Waals surface area contributed by atoms with Gasteiger partial charge in [-0.05, 0) is 13.0 Å². The Morgan fingerprint density at radius 3 is 2.80 bits per heavy atom. The second-order valence-electron chi connectivity index (χ2n) is 4.57. The summed E-state index contributed by atoms with van der Waals surface area (Å²) in [6.45, 7) is 4.71. The van der Waals surface area contributed by atoms with E-state index in [0.717, 1.165) is 19.4 Å². The molecule has 1 unspecified atom stereocenters. The van der Waals surface area contributed by atoms with Crippen molar-refractivity contribution in [1.82, 2.24) is 15.5 Å². The Labute approximate surface area is 118 Å². The molecular weight excluding hydrogens is 268 g/mol. The van der Waals surface area contributed by atoms with Crippen LogP contribution in [0.5, 0.6) is 0 Å². The summed E-state index contributed by atoms with van der Waals surface area (Å²) >= 11 is 0. The average Bonchev–Trinajstić information content (AvgIpc) is 2.83. The molecule has 1 atom stereocenters. The first-order chi connectivity index (χ1) is 9.65. The predicted molar refractivity (Wildman–Crippen MR) is 70.9 cm³/mol. The maximum Gasteiger partial charge on any atom is 0.261 e. The largest absolute Gasteiger partial charge is 0.375 e. The zero-order valence-electron chi connectivity index (χ0n) is 12.1. The van der Waals surface area contributed by atoms with Gasteiger partial charge >= 0.3 is 0 Å². The fourth-order valence-corrected chi connectivity index (χ4v) is 1.93. The highest BCUT2D eigenvalue weighted by atomic mass is 19.3. The zero-order chi connectivity index (χ0) is 14.8. The highest BCUT2D eigenvalue weighted by Gasteiger charge is 2.13. The van der Waals surface area contributed by atoms with Crippen molar-refractivity contribution >= 4 is 0 Å². The van der Waals surface area contributed by atoms with Crippen molar-refractivity contribution in [1.29, 1.82) is 0 Å². The minimum absolute atomic E-state index is 0.176. The van der Waals surface area contributed by atoms with E-state index in [2.05, 4.69) is 29.3 Å². The van der Waals surface area contributed by atoms with Crippen molar-refractivity contribution in [3.05, 3.63) is 11.7 Å². The lowest BCUT2D eigenvalue weighted by Crippen LogP contribution is -2.30. The van der Waals surface area contributed by atoms with Crippen LogP contribution >= 0.6 is 0 Å². The van der Waals surface area contributed by atoms with E-state index in [-0.39, 0.29) is 6.61 Å². The van der Waals surface area contributed by atoms with Gasteiger partial charge in [-0.15, -0.1) is 0 Å². The molecule has 0 saturated carbocycles. The lowest BCUT2D eigenvalue weighted by molar-refractivity contribution is 0.0182. The van der Waals surface area contributed by atoms with E-state index >= 15 is 0 Å². The first-order valence-corrected chi connectivity index (χ1v) is 7.06. The van der Waals surface area contributed by atoms with Crippen molar-refractivity contribution in [2.75, 3.05) is 19.8 Å². The van der Waals surface area contributed by atoms with Crippen molar-refractivity contribution in [2.45, 2.75) is 52.0 Å². The molecule has 0 aromatic carbocycles. The molecule has 7 heteroatoms. The highest BCUT2D eigenvalue weighted by Crippen LogP contribution is 2.07. The summed E-state index contributed by atoms with van der Waals surface area (Å²) < 4.78 is 33.7. The summed E-state index contributed by atoms with van der Waals surface area (Å²) in [5, 5.41) is 7.20. The summed E-state index contributed by atoms with van der Waals surface area (Å²) in [5.41, 5.74) is 0. The van der Waals surface area contributed by atoms with E-state index in [1.807, 2.05) is 0 Å². The van der Waals surface area contributed by atoms with Gasteiger partial charge in [-0.1, -0.05) is 25.4 Å². The molecule has 20 heavy (non-hydrogen) atoms. The third-order valence-electron chi connectivity index (χ3n) is 2.77. The second-order valence-corrected chi connectivity index (χ2v) is 4.57. The van der Waals surface area contributed by atoms with Gasteiger partial charge in [0, 0.05) is 18.9 Å². The smallest absolute Gasteiger partial charge is 0.261 e. The SMILES string of the molecule is CCCC(Cc1nc(CCOCC(F)F)no1)NCC. The van der Waals surface area contributed by atoms with Gasteiger partial charge in [0.1, 0.15) is 6.61 Å². The van der Waals surface area contributed by atoms with Crippen LogP contribution < -0.4 is 5.32 Å². The molecule has 0 radical (unpaired) electrons. The Hall–Kier alpha value is -1.08. The fourth-order valence-electron chi connectivity index (χ4n) is 1.93. The van der Waals surface area contributed by atoms with E-state index in [0.29, 0.717) is 30.6 Å². The van der Waals surface area contributed by atoms with Crippen molar-refractivity contribution < 1.29 is 18.0 Å². The molecular formula is C13H23F2N3O2. The Kier molecular flexibility index (Phi) is 8.29. The molecule has 0 aliphatic carbocycles. The number of halogens is 2. The van der Waals surface area contributed by atoms with Gasteiger partial charge in [0.05, 0.1) is 6.61 Å². The average molecular weight is 291 g/mol. The molecule has 5 nitrogen and oxygen atoms in total. The molecule has 0 spiro atoms. The highest BCUT2D eigenvalue weighted by molar-refractivity contribution is 4.89. The van der Waals surface area contributed by atoms with Gasteiger partial charge in [-0.2, -0.15) is 4.98 Å². The monoisotopic (exact) mass is 291 g/mol.